The molecule has 0 saturated heterocycles. The zero-order chi connectivity index (χ0) is 13.1. The summed E-state index contributed by atoms with van der Waals surface area (Å²) in [6.45, 7) is 0. The summed E-state index contributed by atoms with van der Waals surface area (Å²) in [4.78, 5) is 11.5. The summed E-state index contributed by atoms with van der Waals surface area (Å²) in [6.07, 6.45) is -4.12. The Labute approximate surface area is 104 Å². The van der Waals surface area contributed by atoms with Gasteiger partial charge >= 0.3 is 6.18 Å². The van der Waals surface area contributed by atoms with Gasteiger partial charge in [-0.15, -0.1) is 0 Å². The summed E-state index contributed by atoms with van der Waals surface area (Å²) >= 11 is 3.12. The van der Waals surface area contributed by atoms with Gasteiger partial charge in [0.15, 0.2) is 5.78 Å². The van der Waals surface area contributed by atoms with Crippen molar-refractivity contribution >= 4 is 21.7 Å². The van der Waals surface area contributed by atoms with Crippen molar-refractivity contribution in [2.45, 2.75) is 19.0 Å². The van der Waals surface area contributed by atoms with Crippen molar-refractivity contribution in [1.29, 1.82) is 0 Å². The number of hydrogen-bond donors (Lipinski definition) is 0. The molecule has 0 saturated carbocycles. The molecule has 1 aromatic carbocycles. The van der Waals surface area contributed by atoms with Gasteiger partial charge in [0, 0.05) is 17.3 Å². The third-order valence-corrected chi connectivity index (χ3v) is 2.69. The van der Waals surface area contributed by atoms with Gasteiger partial charge in [-0.1, -0.05) is 15.9 Å². The Balaban J connectivity index is 3.00. The van der Waals surface area contributed by atoms with E-state index in [0.717, 1.165) is 6.07 Å². The molecule has 0 aliphatic rings. The van der Waals surface area contributed by atoms with Gasteiger partial charge in [-0.3, -0.25) is 4.79 Å². The van der Waals surface area contributed by atoms with Gasteiger partial charge in [0.05, 0.1) is 5.56 Å². The predicted molar refractivity (Wildman–Crippen MR) is 58.8 cm³/mol. The second-order valence-electron chi connectivity index (χ2n) is 3.41. The molecule has 0 bridgehead atoms. The first kappa shape index (κ1) is 14.2. The normalized spacial score (nSPS) is 11.6. The minimum atomic E-state index is -4.78. The highest BCUT2D eigenvalue weighted by molar-refractivity contribution is 9.09. The van der Waals surface area contributed by atoms with E-state index >= 15 is 0 Å². The minimum absolute atomic E-state index is 0.111. The molecule has 0 atom stereocenters. The first-order valence-corrected chi connectivity index (χ1v) is 5.94. The molecule has 0 N–H and O–H groups in total. The smallest absolute Gasteiger partial charge is 0.294 e. The standard InChI is InChI=1S/C11H9BrF4O/c12-5-1-2-10(17)7-3-4-9(13)8(6-7)11(14,15)16/h3-4,6H,1-2,5H2. The molecule has 0 radical (unpaired) electrons. The van der Waals surface area contributed by atoms with Crippen LogP contribution in [-0.4, -0.2) is 11.1 Å². The van der Waals surface area contributed by atoms with E-state index in [1.54, 1.807) is 0 Å². The molecule has 1 aromatic rings. The van der Waals surface area contributed by atoms with Crippen molar-refractivity contribution in [2.75, 3.05) is 5.33 Å². The fourth-order valence-corrected chi connectivity index (χ4v) is 1.57. The van der Waals surface area contributed by atoms with E-state index in [4.69, 9.17) is 0 Å². The number of rotatable bonds is 4. The molecule has 0 aromatic heterocycles. The van der Waals surface area contributed by atoms with Gasteiger partial charge in [0.2, 0.25) is 0 Å². The van der Waals surface area contributed by atoms with E-state index in [-0.39, 0.29) is 12.0 Å². The molecule has 1 nitrogen and oxygen atoms in total. The van der Waals surface area contributed by atoms with Crippen LogP contribution in [0.4, 0.5) is 17.6 Å². The fourth-order valence-electron chi connectivity index (χ4n) is 1.29. The average molecular weight is 313 g/mol. The molecule has 0 spiro atoms. The summed E-state index contributed by atoms with van der Waals surface area (Å²) in [5.74, 6) is -1.79. The second kappa shape index (κ2) is 5.62. The van der Waals surface area contributed by atoms with Crippen molar-refractivity contribution in [3.63, 3.8) is 0 Å². The molecular weight excluding hydrogens is 304 g/mol. The molecule has 94 valence electrons. The quantitative estimate of drug-likeness (QED) is 0.462. The minimum Gasteiger partial charge on any atom is -0.294 e. The number of carbonyl (C=O) groups is 1. The zero-order valence-corrected chi connectivity index (χ0v) is 10.2. The monoisotopic (exact) mass is 312 g/mol. The third-order valence-electron chi connectivity index (χ3n) is 2.13. The molecule has 1 rings (SSSR count). The largest absolute Gasteiger partial charge is 0.419 e. The number of benzene rings is 1. The molecule has 0 amide bonds. The molecule has 0 unspecified atom stereocenters. The average Bonchev–Trinajstić information content (AvgIpc) is 2.25. The maximum Gasteiger partial charge on any atom is 0.419 e. The van der Waals surface area contributed by atoms with E-state index in [0.29, 0.717) is 23.9 Å². The Morgan fingerprint density at radius 1 is 1.29 bits per heavy atom. The third kappa shape index (κ3) is 3.80. The Bertz CT molecular complexity index is 414. The SMILES string of the molecule is O=C(CCCBr)c1ccc(F)c(C(F)(F)F)c1. The van der Waals surface area contributed by atoms with Crippen molar-refractivity contribution < 1.29 is 22.4 Å². The van der Waals surface area contributed by atoms with Gasteiger partial charge < -0.3 is 0 Å². The number of Topliss-reactive ketones (excluding diaryl/α,β-unsaturated/α-hetero) is 1. The number of hydrogen-bond acceptors (Lipinski definition) is 1. The highest BCUT2D eigenvalue weighted by atomic mass is 79.9. The van der Waals surface area contributed by atoms with Crippen LogP contribution in [0.3, 0.4) is 0 Å². The zero-order valence-electron chi connectivity index (χ0n) is 8.65. The number of ketones is 1. The van der Waals surface area contributed by atoms with Crippen molar-refractivity contribution in [3.8, 4) is 0 Å². The summed E-state index contributed by atoms with van der Waals surface area (Å²) < 4.78 is 50.1. The van der Waals surface area contributed by atoms with Crippen LogP contribution < -0.4 is 0 Å². The maximum atomic E-state index is 12.9. The van der Waals surface area contributed by atoms with Gasteiger partial charge in [-0.25, -0.2) is 4.39 Å². The highest BCUT2D eigenvalue weighted by Crippen LogP contribution is 2.32. The number of alkyl halides is 4. The maximum absolute atomic E-state index is 12.9. The molecule has 17 heavy (non-hydrogen) atoms. The lowest BCUT2D eigenvalue weighted by Gasteiger charge is -2.09. The first-order valence-electron chi connectivity index (χ1n) is 4.82. The lowest BCUT2D eigenvalue weighted by atomic mass is 10.0. The van der Waals surface area contributed by atoms with E-state index < -0.39 is 23.3 Å². The van der Waals surface area contributed by atoms with Crippen LogP contribution in [0.1, 0.15) is 28.8 Å². The summed E-state index contributed by atoms with van der Waals surface area (Å²) in [6, 6.07) is 2.30. The van der Waals surface area contributed by atoms with E-state index in [9.17, 15) is 22.4 Å². The van der Waals surface area contributed by atoms with E-state index in [1.165, 1.54) is 0 Å². The van der Waals surface area contributed by atoms with E-state index in [2.05, 4.69) is 15.9 Å². The second-order valence-corrected chi connectivity index (χ2v) is 4.20. The molecule has 0 aliphatic carbocycles. The van der Waals surface area contributed by atoms with Crippen LogP contribution in [-0.2, 0) is 6.18 Å². The molecule has 0 aliphatic heterocycles. The Morgan fingerprint density at radius 2 is 1.94 bits per heavy atom. The van der Waals surface area contributed by atoms with Crippen LogP contribution in [0.5, 0.6) is 0 Å². The van der Waals surface area contributed by atoms with Crippen molar-refractivity contribution in [2.24, 2.45) is 0 Å². The summed E-state index contributed by atoms with van der Waals surface area (Å²) in [5.41, 5.74) is -1.51. The Morgan fingerprint density at radius 3 is 2.47 bits per heavy atom. The van der Waals surface area contributed by atoms with Crippen LogP contribution in [0.15, 0.2) is 18.2 Å². The van der Waals surface area contributed by atoms with Crippen LogP contribution in [0, 0.1) is 5.82 Å². The lowest BCUT2D eigenvalue weighted by Crippen LogP contribution is -2.10. The van der Waals surface area contributed by atoms with Gasteiger partial charge in [-0.2, -0.15) is 13.2 Å². The van der Waals surface area contributed by atoms with Crippen molar-refractivity contribution in [1.82, 2.24) is 0 Å². The van der Waals surface area contributed by atoms with Gasteiger partial charge in [0.1, 0.15) is 5.82 Å². The first-order chi connectivity index (χ1) is 7.86. The van der Waals surface area contributed by atoms with Crippen LogP contribution in [0.25, 0.3) is 0 Å². The predicted octanol–water partition coefficient (Wildman–Crippen LogP) is 4.20. The number of halogens is 5. The number of carbonyl (C=O) groups excluding carboxylic acids is 1. The Kier molecular flexibility index (Phi) is 4.68. The highest BCUT2D eigenvalue weighted by Gasteiger charge is 2.34. The summed E-state index contributed by atoms with van der Waals surface area (Å²) in [5, 5.41) is 0.589. The summed E-state index contributed by atoms with van der Waals surface area (Å²) in [7, 11) is 0. The lowest BCUT2D eigenvalue weighted by molar-refractivity contribution is -0.140. The van der Waals surface area contributed by atoms with Crippen LogP contribution >= 0.6 is 15.9 Å². The topological polar surface area (TPSA) is 17.1 Å². The van der Waals surface area contributed by atoms with E-state index in [1.807, 2.05) is 0 Å². The fraction of sp³-hybridized carbons (Fsp3) is 0.364. The van der Waals surface area contributed by atoms with Gasteiger partial charge in [0.25, 0.3) is 0 Å². The van der Waals surface area contributed by atoms with Crippen molar-refractivity contribution in [3.05, 3.63) is 35.1 Å². The van der Waals surface area contributed by atoms with Gasteiger partial charge in [-0.05, 0) is 24.6 Å². The Hall–Kier alpha value is -0.910. The molecule has 0 fully saturated rings. The molecule has 0 heterocycles. The van der Waals surface area contributed by atoms with Crippen LogP contribution in [0.2, 0.25) is 0 Å². The molecule has 6 heteroatoms. The molecular formula is C11H9BrF4O.